The Morgan fingerprint density at radius 1 is 1.00 bits per heavy atom. The second-order valence-corrected chi connectivity index (χ2v) is 4.11. The monoisotopic (exact) mass is 250 g/mol. The zero-order chi connectivity index (χ0) is 11.5. The highest BCUT2D eigenvalue weighted by Gasteiger charge is 2.10. The van der Waals surface area contributed by atoms with Gasteiger partial charge >= 0.3 is 0 Å². The summed E-state index contributed by atoms with van der Waals surface area (Å²) in [6.07, 6.45) is 0. The van der Waals surface area contributed by atoms with Crippen LogP contribution in [-0.4, -0.2) is 5.24 Å². The van der Waals surface area contributed by atoms with E-state index in [-0.39, 0.29) is 0 Å². The number of halogens is 2. The van der Waals surface area contributed by atoms with E-state index in [9.17, 15) is 4.79 Å². The molecule has 0 aromatic heterocycles. The fourth-order valence-electron chi connectivity index (χ4n) is 1.55. The lowest BCUT2D eigenvalue weighted by Crippen LogP contribution is -1.93. The van der Waals surface area contributed by atoms with Crippen molar-refractivity contribution in [3.8, 4) is 11.1 Å². The van der Waals surface area contributed by atoms with Crippen LogP contribution in [0.2, 0.25) is 5.02 Å². The summed E-state index contributed by atoms with van der Waals surface area (Å²) in [6, 6.07) is 14.7. The van der Waals surface area contributed by atoms with Crippen LogP contribution in [0.1, 0.15) is 10.4 Å². The molecule has 0 N–H and O–H groups in total. The van der Waals surface area contributed by atoms with E-state index < -0.39 is 5.24 Å². The lowest BCUT2D eigenvalue weighted by atomic mass is 10.0. The molecule has 0 bridgehead atoms. The fourth-order valence-corrected chi connectivity index (χ4v) is 1.88. The Morgan fingerprint density at radius 3 is 2.31 bits per heavy atom. The van der Waals surface area contributed by atoms with Gasteiger partial charge in [0, 0.05) is 10.6 Å². The van der Waals surface area contributed by atoms with Crippen LogP contribution in [0.3, 0.4) is 0 Å². The number of benzene rings is 2. The molecule has 2 rings (SSSR count). The minimum atomic E-state index is -0.499. The van der Waals surface area contributed by atoms with Gasteiger partial charge in [0.05, 0.1) is 0 Å². The van der Waals surface area contributed by atoms with E-state index in [2.05, 4.69) is 0 Å². The average molecular weight is 251 g/mol. The number of hydrogen-bond acceptors (Lipinski definition) is 1. The van der Waals surface area contributed by atoms with Crippen LogP contribution in [0.15, 0.2) is 48.5 Å². The molecule has 3 heteroatoms. The van der Waals surface area contributed by atoms with E-state index in [0.29, 0.717) is 10.6 Å². The minimum absolute atomic E-state index is 0.431. The lowest BCUT2D eigenvalue weighted by molar-refractivity contribution is 0.108. The van der Waals surface area contributed by atoms with Crippen molar-refractivity contribution >= 4 is 28.4 Å². The van der Waals surface area contributed by atoms with Crippen molar-refractivity contribution in [2.75, 3.05) is 0 Å². The van der Waals surface area contributed by atoms with E-state index in [1.807, 2.05) is 30.3 Å². The molecule has 0 saturated heterocycles. The van der Waals surface area contributed by atoms with E-state index in [4.69, 9.17) is 23.2 Å². The van der Waals surface area contributed by atoms with E-state index in [1.165, 1.54) is 0 Å². The fraction of sp³-hybridized carbons (Fsp3) is 0. The van der Waals surface area contributed by atoms with Gasteiger partial charge in [0.25, 0.3) is 5.24 Å². The van der Waals surface area contributed by atoms with Gasteiger partial charge in [-0.25, -0.2) is 0 Å². The quantitative estimate of drug-likeness (QED) is 0.723. The molecule has 0 heterocycles. The summed E-state index contributed by atoms with van der Waals surface area (Å²) < 4.78 is 0. The molecule has 0 aliphatic rings. The zero-order valence-electron chi connectivity index (χ0n) is 8.28. The van der Waals surface area contributed by atoms with Crippen LogP contribution in [0.25, 0.3) is 11.1 Å². The Bertz CT molecular complexity index is 521. The molecule has 2 aromatic carbocycles. The highest BCUT2D eigenvalue weighted by atomic mass is 35.5. The molecular formula is C13H8Cl2O. The Kier molecular flexibility index (Phi) is 3.28. The van der Waals surface area contributed by atoms with E-state index in [0.717, 1.165) is 11.1 Å². The number of rotatable bonds is 2. The van der Waals surface area contributed by atoms with Crippen molar-refractivity contribution in [1.29, 1.82) is 0 Å². The third-order valence-corrected chi connectivity index (χ3v) is 2.72. The van der Waals surface area contributed by atoms with Gasteiger partial charge in [-0.05, 0) is 34.9 Å². The summed E-state index contributed by atoms with van der Waals surface area (Å²) in [7, 11) is 0. The summed E-state index contributed by atoms with van der Waals surface area (Å²) in [5.41, 5.74) is 2.17. The van der Waals surface area contributed by atoms with Gasteiger partial charge in [0.2, 0.25) is 0 Å². The van der Waals surface area contributed by atoms with Crippen molar-refractivity contribution in [3.05, 3.63) is 59.1 Å². The maximum atomic E-state index is 11.3. The summed E-state index contributed by atoms with van der Waals surface area (Å²) in [5, 5.41) is 0.00466. The molecule has 2 aromatic rings. The average Bonchev–Trinajstić information content (AvgIpc) is 2.30. The van der Waals surface area contributed by atoms with Gasteiger partial charge in [-0.15, -0.1) is 0 Å². The molecule has 0 spiro atoms. The Labute approximate surface area is 104 Å². The topological polar surface area (TPSA) is 17.1 Å². The van der Waals surface area contributed by atoms with Gasteiger partial charge in [0.15, 0.2) is 0 Å². The second-order valence-electron chi connectivity index (χ2n) is 3.33. The van der Waals surface area contributed by atoms with Crippen molar-refractivity contribution in [2.24, 2.45) is 0 Å². The number of carbonyl (C=O) groups is 1. The minimum Gasteiger partial charge on any atom is -0.276 e. The summed E-state index contributed by atoms with van der Waals surface area (Å²) in [4.78, 5) is 11.3. The van der Waals surface area contributed by atoms with Crippen molar-refractivity contribution in [3.63, 3.8) is 0 Å². The third-order valence-electron chi connectivity index (χ3n) is 2.28. The van der Waals surface area contributed by atoms with E-state index in [1.54, 1.807) is 18.2 Å². The highest BCUT2D eigenvalue weighted by Crippen LogP contribution is 2.27. The predicted octanol–water partition coefficient (Wildman–Crippen LogP) is 4.39. The van der Waals surface area contributed by atoms with Crippen molar-refractivity contribution < 1.29 is 4.79 Å². The molecule has 1 nitrogen and oxygen atoms in total. The first-order valence-electron chi connectivity index (χ1n) is 4.73. The van der Waals surface area contributed by atoms with Gasteiger partial charge in [-0.1, -0.05) is 48.0 Å². The molecule has 0 amide bonds. The van der Waals surface area contributed by atoms with Gasteiger partial charge in [0.1, 0.15) is 0 Å². The summed E-state index contributed by atoms with van der Waals surface area (Å²) in [5.74, 6) is 0. The molecule has 0 atom stereocenters. The molecule has 0 aliphatic carbocycles. The molecule has 16 heavy (non-hydrogen) atoms. The van der Waals surface area contributed by atoms with Crippen molar-refractivity contribution in [2.45, 2.75) is 0 Å². The SMILES string of the molecule is O=C(Cl)c1cc(Cl)ccc1-c1ccccc1. The van der Waals surface area contributed by atoms with Crippen LogP contribution in [0.5, 0.6) is 0 Å². The number of hydrogen-bond donors (Lipinski definition) is 0. The maximum absolute atomic E-state index is 11.3. The van der Waals surface area contributed by atoms with Crippen LogP contribution in [0, 0.1) is 0 Å². The van der Waals surface area contributed by atoms with Gasteiger partial charge < -0.3 is 0 Å². The zero-order valence-corrected chi connectivity index (χ0v) is 9.79. The largest absolute Gasteiger partial charge is 0.276 e. The summed E-state index contributed by atoms with van der Waals surface area (Å²) >= 11 is 11.4. The molecule has 0 aliphatic heterocycles. The van der Waals surface area contributed by atoms with Gasteiger partial charge in [-0.2, -0.15) is 0 Å². The van der Waals surface area contributed by atoms with Crippen LogP contribution < -0.4 is 0 Å². The molecule has 0 fully saturated rings. The van der Waals surface area contributed by atoms with Crippen molar-refractivity contribution in [1.82, 2.24) is 0 Å². The summed E-state index contributed by atoms with van der Waals surface area (Å²) in [6.45, 7) is 0. The first kappa shape index (κ1) is 11.2. The Balaban J connectivity index is 2.61. The third kappa shape index (κ3) is 2.26. The van der Waals surface area contributed by atoms with Crippen LogP contribution in [0.4, 0.5) is 0 Å². The van der Waals surface area contributed by atoms with Crippen LogP contribution >= 0.6 is 23.2 Å². The predicted molar refractivity (Wildman–Crippen MR) is 67.1 cm³/mol. The smallest absolute Gasteiger partial charge is 0.253 e. The van der Waals surface area contributed by atoms with Gasteiger partial charge in [-0.3, -0.25) is 4.79 Å². The first-order valence-corrected chi connectivity index (χ1v) is 5.49. The molecule has 80 valence electrons. The normalized spacial score (nSPS) is 10.1. The molecule has 0 radical (unpaired) electrons. The van der Waals surface area contributed by atoms with Crippen LogP contribution in [-0.2, 0) is 0 Å². The standard InChI is InChI=1S/C13H8Cl2O/c14-10-6-7-11(12(8-10)13(15)16)9-4-2-1-3-5-9/h1-8H. The molecular weight excluding hydrogens is 243 g/mol. The highest BCUT2D eigenvalue weighted by molar-refractivity contribution is 6.68. The Morgan fingerprint density at radius 2 is 1.69 bits per heavy atom. The lowest BCUT2D eigenvalue weighted by Gasteiger charge is -2.06. The molecule has 0 saturated carbocycles. The second kappa shape index (κ2) is 4.69. The molecule has 0 unspecified atom stereocenters. The maximum Gasteiger partial charge on any atom is 0.253 e. The number of carbonyl (C=O) groups excluding carboxylic acids is 1. The first-order chi connectivity index (χ1) is 7.68. The van der Waals surface area contributed by atoms with E-state index >= 15 is 0 Å². The Hall–Kier alpha value is -1.31.